The van der Waals surface area contributed by atoms with Crippen molar-refractivity contribution in [2.24, 2.45) is 0 Å². The highest BCUT2D eigenvalue weighted by molar-refractivity contribution is 5.62. The standard InChI is InChI=1S/C13H17N3O2/c1-4-6-7-11(18-3)10(5-2)16-9-8-12(14)15-13(16)17/h4-9H,1-3H3,(H2,14,15,17)/b6-4+,10-5+,11-7+. The van der Waals surface area contributed by atoms with E-state index in [0.717, 1.165) is 0 Å². The van der Waals surface area contributed by atoms with Crippen LogP contribution in [0.15, 0.2) is 47.1 Å². The molecule has 0 atom stereocenters. The Balaban J connectivity index is 3.30. The maximum absolute atomic E-state index is 11.8. The third kappa shape index (κ3) is 3.10. The van der Waals surface area contributed by atoms with Crippen molar-refractivity contribution in [1.82, 2.24) is 9.55 Å². The van der Waals surface area contributed by atoms with Crippen LogP contribution < -0.4 is 11.4 Å². The molecule has 0 aromatic carbocycles. The predicted octanol–water partition coefficient (Wildman–Crippen LogP) is 1.79. The van der Waals surface area contributed by atoms with Crippen molar-refractivity contribution >= 4 is 11.5 Å². The van der Waals surface area contributed by atoms with Gasteiger partial charge in [0.25, 0.3) is 0 Å². The van der Waals surface area contributed by atoms with Crippen molar-refractivity contribution in [3.05, 3.63) is 52.8 Å². The molecule has 0 unspecified atom stereocenters. The summed E-state index contributed by atoms with van der Waals surface area (Å²) < 4.78 is 6.65. The minimum absolute atomic E-state index is 0.197. The van der Waals surface area contributed by atoms with Gasteiger partial charge in [0, 0.05) is 6.20 Å². The summed E-state index contributed by atoms with van der Waals surface area (Å²) in [7, 11) is 1.55. The Bertz CT molecular complexity index is 554. The van der Waals surface area contributed by atoms with E-state index in [-0.39, 0.29) is 5.82 Å². The van der Waals surface area contributed by atoms with Crippen LogP contribution in [0.4, 0.5) is 5.82 Å². The number of allylic oxidation sites excluding steroid dienone is 5. The van der Waals surface area contributed by atoms with Gasteiger partial charge in [0.1, 0.15) is 11.6 Å². The highest BCUT2D eigenvalue weighted by Crippen LogP contribution is 2.15. The number of nitrogens with two attached hydrogens (primary N) is 1. The lowest BCUT2D eigenvalue weighted by molar-refractivity contribution is 0.307. The Morgan fingerprint density at radius 2 is 2.22 bits per heavy atom. The molecule has 0 aliphatic rings. The van der Waals surface area contributed by atoms with Crippen LogP contribution >= 0.6 is 0 Å². The van der Waals surface area contributed by atoms with Gasteiger partial charge in [-0.3, -0.25) is 4.57 Å². The van der Waals surface area contributed by atoms with Gasteiger partial charge in [0.2, 0.25) is 0 Å². The van der Waals surface area contributed by atoms with Crippen LogP contribution in [-0.4, -0.2) is 16.7 Å². The van der Waals surface area contributed by atoms with Crippen molar-refractivity contribution in [1.29, 1.82) is 0 Å². The molecule has 1 heterocycles. The van der Waals surface area contributed by atoms with E-state index >= 15 is 0 Å². The zero-order chi connectivity index (χ0) is 13.5. The molecule has 0 fully saturated rings. The lowest BCUT2D eigenvalue weighted by Gasteiger charge is -2.12. The van der Waals surface area contributed by atoms with Crippen LogP contribution in [0.1, 0.15) is 13.8 Å². The largest absolute Gasteiger partial charge is 0.495 e. The number of hydrogen-bond donors (Lipinski definition) is 1. The Kier molecular flexibility index (Phi) is 4.92. The molecule has 18 heavy (non-hydrogen) atoms. The van der Waals surface area contributed by atoms with Crippen LogP contribution in [-0.2, 0) is 4.74 Å². The molecule has 0 aliphatic heterocycles. The van der Waals surface area contributed by atoms with Gasteiger partial charge in [0.05, 0.1) is 12.8 Å². The van der Waals surface area contributed by atoms with E-state index < -0.39 is 5.69 Å². The molecule has 96 valence electrons. The summed E-state index contributed by atoms with van der Waals surface area (Å²) in [5.74, 6) is 0.771. The Morgan fingerprint density at radius 3 is 2.72 bits per heavy atom. The highest BCUT2D eigenvalue weighted by atomic mass is 16.5. The maximum Gasteiger partial charge on any atom is 0.354 e. The number of aromatic nitrogens is 2. The monoisotopic (exact) mass is 247 g/mol. The molecular formula is C13H17N3O2. The quantitative estimate of drug-likeness (QED) is 0.650. The number of anilines is 1. The number of ether oxygens (including phenoxy) is 1. The average molecular weight is 247 g/mol. The van der Waals surface area contributed by atoms with Gasteiger partial charge in [-0.15, -0.1) is 0 Å². The molecule has 0 saturated carbocycles. The third-order valence-corrected chi connectivity index (χ3v) is 2.27. The number of methoxy groups -OCH3 is 1. The molecule has 0 amide bonds. The van der Waals surface area contributed by atoms with Crippen LogP contribution in [0.3, 0.4) is 0 Å². The molecule has 5 heteroatoms. The first-order chi connectivity index (χ1) is 8.63. The van der Waals surface area contributed by atoms with E-state index in [1.54, 1.807) is 31.5 Å². The van der Waals surface area contributed by atoms with E-state index in [1.165, 1.54) is 4.57 Å². The lowest BCUT2D eigenvalue weighted by atomic mass is 10.3. The number of rotatable bonds is 4. The fourth-order valence-corrected chi connectivity index (χ4v) is 1.44. The first-order valence-electron chi connectivity index (χ1n) is 5.53. The highest BCUT2D eigenvalue weighted by Gasteiger charge is 2.08. The molecule has 0 radical (unpaired) electrons. The summed E-state index contributed by atoms with van der Waals surface area (Å²) in [6.45, 7) is 3.72. The number of hydrogen-bond acceptors (Lipinski definition) is 4. The van der Waals surface area contributed by atoms with Gasteiger partial charge >= 0.3 is 5.69 Å². The van der Waals surface area contributed by atoms with E-state index in [4.69, 9.17) is 10.5 Å². The Labute approximate surface area is 106 Å². The second kappa shape index (κ2) is 6.44. The minimum atomic E-state index is -0.438. The van der Waals surface area contributed by atoms with Crippen molar-refractivity contribution in [3.8, 4) is 0 Å². The summed E-state index contributed by atoms with van der Waals surface area (Å²) >= 11 is 0. The second-order valence-corrected chi connectivity index (χ2v) is 3.44. The van der Waals surface area contributed by atoms with Crippen LogP contribution in [0.25, 0.3) is 5.70 Å². The van der Waals surface area contributed by atoms with Gasteiger partial charge in [0.15, 0.2) is 0 Å². The zero-order valence-electron chi connectivity index (χ0n) is 10.8. The van der Waals surface area contributed by atoms with E-state index in [0.29, 0.717) is 11.5 Å². The summed E-state index contributed by atoms with van der Waals surface area (Å²) in [4.78, 5) is 15.4. The second-order valence-electron chi connectivity index (χ2n) is 3.44. The lowest BCUT2D eigenvalue weighted by Crippen LogP contribution is -2.23. The van der Waals surface area contributed by atoms with Crippen LogP contribution in [0.2, 0.25) is 0 Å². The fraction of sp³-hybridized carbons (Fsp3) is 0.231. The summed E-state index contributed by atoms with van der Waals surface area (Å²) in [5, 5.41) is 0. The van der Waals surface area contributed by atoms with Crippen LogP contribution in [0.5, 0.6) is 0 Å². The van der Waals surface area contributed by atoms with E-state index in [1.807, 2.05) is 26.0 Å². The van der Waals surface area contributed by atoms with Crippen molar-refractivity contribution in [2.45, 2.75) is 13.8 Å². The molecule has 0 spiro atoms. The Hall–Kier alpha value is -2.30. The molecule has 1 rings (SSSR count). The van der Waals surface area contributed by atoms with E-state index in [2.05, 4.69) is 4.98 Å². The molecule has 1 aromatic rings. The van der Waals surface area contributed by atoms with Crippen molar-refractivity contribution in [2.75, 3.05) is 12.8 Å². The smallest absolute Gasteiger partial charge is 0.354 e. The minimum Gasteiger partial charge on any atom is -0.495 e. The van der Waals surface area contributed by atoms with Gasteiger partial charge in [-0.05, 0) is 26.0 Å². The van der Waals surface area contributed by atoms with Gasteiger partial charge in [-0.25, -0.2) is 4.79 Å². The summed E-state index contributed by atoms with van der Waals surface area (Å²) in [5.41, 5.74) is 5.64. The average Bonchev–Trinajstić information content (AvgIpc) is 2.36. The molecule has 2 N–H and O–H groups in total. The molecule has 5 nitrogen and oxygen atoms in total. The number of nitrogen functional groups attached to an aromatic ring is 1. The van der Waals surface area contributed by atoms with Crippen molar-refractivity contribution < 1.29 is 4.74 Å². The predicted molar refractivity (Wildman–Crippen MR) is 72.8 cm³/mol. The molecule has 0 bridgehead atoms. The normalized spacial score (nSPS) is 13.1. The van der Waals surface area contributed by atoms with Gasteiger partial charge in [-0.2, -0.15) is 4.98 Å². The molecule has 0 saturated heterocycles. The fourth-order valence-electron chi connectivity index (χ4n) is 1.44. The first-order valence-corrected chi connectivity index (χ1v) is 5.53. The summed E-state index contributed by atoms with van der Waals surface area (Å²) in [6.07, 6.45) is 8.83. The van der Waals surface area contributed by atoms with Gasteiger partial charge in [-0.1, -0.05) is 18.2 Å². The molecular weight excluding hydrogens is 230 g/mol. The third-order valence-electron chi connectivity index (χ3n) is 2.27. The van der Waals surface area contributed by atoms with Gasteiger partial charge < -0.3 is 10.5 Å². The Morgan fingerprint density at radius 1 is 1.50 bits per heavy atom. The first kappa shape index (κ1) is 13.8. The molecule has 0 aliphatic carbocycles. The topological polar surface area (TPSA) is 70.1 Å². The maximum atomic E-state index is 11.8. The molecule has 1 aromatic heterocycles. The SMILES string of the molecule is C/C=C/C=C(OC)\C(=C/C)n1ccc(N)nc1=O. The number of nitrogens with zero attached hydrogens (tertiary/aromatic N) is 2. The van der Waals surface area contributed by atoms with Crippen molar-refractivity contribution in [3.63, 3.8) is 0 Å². The van der Waals surface area contributed by atoms with E-state index in [9.17, 15) is 4.79 Å². The summed E-state index contributed by atoms with van der Waals surface area (Å²) in [6, 6.07) is 1.56. The zero-order valence-corrected chi connectivity index (χ0v) is 10.8. The van der Waals surface area contributed by atoms with Crippen LogP contribution in [0, 0.1) is 0 Å².